The highest BCUT2D eigenvalue weighted by Gasteiger charge is 2.57. The molecule has 3 aliphatic heterocycles. The fourth-order valence-electron chi connectivity index (χ4n) is 5.70. The Labute approximate surface area is 189 Å². The number of carbonyl (C=O) groups is 1. The molecule has 1 saturated heterocycles. The van der Waals surface area contributed by atoms with Crippen LogP contribution in [0.25, 0.3) is 0 Å². The first-order chi connectivity index (χ1) is 14.8. The van der Waals surface area contributed by atoms with Crippen molar-refractivity contribution in [1.82, 2.24) is 0 Å². The number of fused-ring (bicyclic) bond motifs is 6. The lowest BCUT2D eigenvalue weighted by molar-refractivity contribution is -0.156. The minimum Gasteiger partial charge on any atom is -0.454 e. The van der Waals surface area contributed by atoms with Crippen molar-refractivity contribution in [2.45, 2.75) is 57.1 Å². The summed E-state index contributed by atoms with van der Waals surface area (Å²) >= 11 is 3.75. The summed E-state index contributed by atoms with van der Waals surface area (Å²) in [5.74, 6) is 1.37. The van der Waals surface area contributed by atoms with Gasteiger partial charge >= 0.3 is 0 Å². The van der Waals surface area contributed by atoms with Gasteiger partial charge in [-0.1, -0.05) is 15.9 Å². The molecule has 4 aliphatic rings. The highest BCUT2D eigenvalue weighted by Crippen LogP contribution is 2.58. The maximum Gasteiger partial charge on any atom is 0.231 e. The van der Waals surface area contributed by atoms with Crippen molar-refractivity contribution in [2.75, 3.05) is 12.1 Å². The summed E-state index contributed by atoms with van der Waals surface area (Å²) in [6, 6.07) is 10.0. The van der Waals surface area contributed by atoms with E-state index < -0.39 is 5.79 Å². The van der Waals surface area contributed by atoms with E-state index in [1.807, 2.05) is 38.1 Å². The molecular formula is C24H24BrNO5. The molecule has 2 fully saturated rings. The number of nitrogens with one attached hydrogen (secondary N) is 1. The van der Waals surface area contributed by atoms with Crippen LogP contribution in [-0.4, -0.2) is 30.6 Å². The number of anilines is 1. The van der Waals surface area contributed by atoms with E-state index in [-0.39, 0.29) is 42.7 Å². The van der Waals surface area contributed by atoms with E-state index in [0.29, 0.717) is 0 Å². The first kappa shape index (κ1) is 19.6. The quantitative estimate of drug-likeness (QED) is 0.591. The van der Waals surface area contributed by atoms with Crippen LogP contribution in [0.4, 0.5) is 5.69 Å². The zero-order valence-electron chi connectivity index (χ0n) is 17.6. The number of carbonyl (C=O) groups excluding carboxylic acids is 1. The van der Waals surface area contributed by atoms with Gasteiger partial charge in [0.1, 0.15) is 0 Å². The van der Waals surface area contributed by atoms with Crippen molar-refractivity contribution in [2.24, 2.45) is 5.92 Å². The first-order valence-electron chi connectivity index (χ1n) is 10.7. The summed E-state index contributed by atoms with van der Waals surface area (Å²) in [7, 11) is 0. The zero-order chi connectivity index (χ0) is 21.5. The van der Waals surface area contributed by atoms with Crippen LogP contribution in [0.15, 0.2) is 34.8 Å². The van der Waals surface area contributed by atoms with Gasteiger partial charge in [-0.2, -0.15) is 0 Å². The summed E-state index contributed by atoms with van der Waals surface area (Å²) in [6.07, 6.45) is 0.855. The van der Waals surface area contributed by atoms with Crippen molar-refractivity contribution in [3.8, 4) is 11.5 Å². The van der Waals surface area contributed by atoms with Crippen LogP contribution in [0, 0.1) is 5.92 Å². The van der Waals surface area contributed by atoms with Gasteiger partial charge in [-0.25, -0.2) is 0 Å². The number of benzene rings is 2. The smallest absolute Gasteiger partial charge is 0.231 e. The third kappa shape index (κ3) is 3.01. The van der Waals surface area contributed by atoms with Gasteiger partial charge in [-0.05, 0) is 74.6 Å². The van der Waals surface area contributed by atoms with Gasteiger partial charge in [0.25, 0.3) is 0 Å². The Bertz CT molecular complexity index is 1100. The number of rotatable bonds is 2. The number of hydrogen-bond donors (Lipinski definition) is 1. The predicted molar refractivity (Wildman–Crippen MR) is 118 cm³/mol. The van der Waals surface area contributed by atoms with E-state index >= 15 is 0 Å². The van der Waals surface area contributed by atoms with Crippen molar-refractivity contribution in [3.05, 3.63) is 51.5 Å². The molecule has 6 nitrogen and oxygen atoms in total. The molecule has 1 saturated carbocycles. The van der Waals surface area contributed by atoms with Crippen LogP contribution >= 0.6 is 15.9 Å². The summed E-state index contributed by atoms with van der Waals surface area (Å²) in [6.45, 7) is 5.80. The molecule has 0 radical (unpaired) electrons. The fourth-order valence-corrected chi connectivity index (χ4v) is 6.27. The van der Waals surface area contributed by atoms with E-state index in [1.54, 1.807) is 6.92 Å². The zero-order valence-corrected chi connectivity index (χ0v) is 19.2. The molecule has 31 heavy (non-hydrogen) atoms. The fraction of sp³-hybridized carbons (Fsp3) is 0.458. The lowest BCUT2D eigenvalue weighted by atomic mass is 9.76. The van der Waals surface area contributed by atoms with Gasteiger partial charge in [-0.3, -0.25) is 4.79 Å². The number of halogens is 1. The number of hydrogen-bond acceptors (Lipinski definition) is 6. The molecule has 6 rings (SSSR count). The minimum atomic E-state index is -0.599. The van der Waals surface area contributed by atoms with Crippen molar-refractivity contribution in [1.29, 1.82) is 0 Å². The molecule has 0 amide bonds. The molecule has 7 heteroatoms. The van der Waals surface area contributed by atoms with E-state index in [1.165, 1.54) is 0 Å². The molecular weight excluding hydrogens is 462 g/mol. The Morgan fingerprint density at radius 3 is 2.65 bits per heavy atom. The van der Waals surface area contributed by atoms with Crippen LogP contribution in [0.5, 0.6) is 11.5 Å². The lowest BCUT2D eigenvalue weighted by Gasteiger charge is -2.40. The molecule has 1 unspecified atom stereocenters. The second-order valence-electron chi connectivity index (χ2n) is 9.27. The van der Waals surface area contributed by atoms with Gasteiger partial charge in [0.2, 0.25) is 6.79 Å². The minimum absolute atomic E-state index is 0.0222. The molecule has 1 aliphatic carbocycles. The molecule has 0 spiro atoms. The average Bonchev–Trinajstić information content (AvgIpc) is 3.37. The Balaban J connectivity index is 1.47. The van der Waals surface area contributed by atoms with E-state index in [0.717, 1.165) is 44.8 Å². The highest BCUT2D eigenvalue weighted by molar-refractivity contribution is 9.10. The molecule has 1 N–H and O–H groups in total. The second kappa shape index (κ2) is 6.70. The lowest BCUT2D eigenvalue weighted by Crippen LogP contribution is -2.35. The van der Waals surface area contributed by atoms with Gasteiger partial charge in [0, 0.05) is 21.6 Å². The molecule has 0 bridgehead atoms. The molecule has 3 heterocycles. The van der Waals surface area contributed by atoms with Crippen molar-refractivity contribution in [3.63, 3.8) is 0 Å². The molecule has 0 aromatic heterocycles. The second-order valence-corrected chi connectivity index (χ2v) is 10.1. The van der Waals surface area contributed by atoms with Crippen LogP contribution in [0.2, 0.25) is 0 Å². The summed E-state index contributed by atoms with van der Waals surface area (Å²) < 4.78 is 24.8. The first-order valence-corrected chi connectivity index (χ1v) is 11.5. The summed E-state index contributed by atoms with van der Waals surface area (Å²) in [4.78, 5) is 12.1. The largest absolute Gasteiger partial charge is 0.454 e. The number of ketones is 1. The number of Topliss-reactive ketones (excluding diaryl/α,β-unsaturated/α-hetero) is 1. The van der Waals surface area contributed by atoms with E-state index in [2.05, 4.69) is 27.3 Å². The highest BCUT2D eigenvalue weighted by atomic mass is 79.9. The van der Waals surface area contributed by atoms with Crippen molar-refractivity contribution < 1.29 is 23.7 Å². The third-order valence-electron chi connectivity index (χ3n) is 6.92. The summed E-state index contributed by atoms with van der Waals surface area (Å²) in [5, 5.41) is 3.74. The standard InChI is InChI=1S/C24H24BrNO5/c1-11(27)12-4-5-17-14(6-12)21-15(8-20-23(21)31-24(2,3)30-20)22(26-17)13-7-18-19(9-16(13)25)29-10-28-18/h4-7,9,15,20-23,26H,8,10H2,1-3H3/t15-,20-,21-,22?,23-/m0/s1. The SMILES string of the molecule is CC(=O)c1ccc2c(c1)[C@@H]1[C@H]3OC(C)(C)O[C@H]3C[C@@H]1C(c1cc3c(cc1Br)OCO3)N2. The van der Waals surface area contributed by atoms with E-state index in [4.69, 9.17) is 18.9 Å². The van der Waals surface area contributed by atoms with Gasteiger partial charge < -0.3 is 24.3 Å². The van der Waals surface area contributed by atoms with Crippen LogP contribution in [0.1, 0.15) is 60.6 Å². The summed E-state index contributed by atoms with van der Waals surface area (Å²) in [5.41, 5.74) is 4.03. The normalized spacial score (nSPS) is 31.5. The molecule has 162 valence electrons. The topological polar surface area (TPSA) is 66.0 Å². The third-order valence-corrected chi connectivity index (χ3v) is 7.61. The monoisotopic (exact) mass is 485 g/mol. The maximum absolute atomic E-state index is 12.1. The Kier molecular flexibility index (Phi) is 4.23. The van der Waals surface area contributed by atoms with Crippen LogP contribution in [-0.2, 0) is 9.47 Å². The Morgan fingerprint density at radius 2 is 1.87 bits per heavy atom. The molecule has 2 aromatic rings. The van der Waals surface area contributed by atoms with Gasteiger partial charge in [-0.15, -0.1) is 0 Å². The molecule has 2 aromatic carbocycles. The average molecular weight is 486 g/mol. The maximum atomic E-state index is 12.1. The predicted octanol–water partition coefficient (Wildman–Crippen LogP) is 5.17. The Morgan fingerprint density at radius 1 is 1.10 bits per heavy atom. The number of ether oxygens (including phenoxy) is 4. The molecule has 5 atom stereocenters. The van der Waals surface area contributed by atoms with Crippen LogP contribution < -0.4 is 14.8 Å². The van der Waals surface area contributed by atoms with Crippen molar-refractivity contribution >= 4 is 27.4 Å². The van der Waals surface area contributed by atoms with Gasteiger partial charge in [0.15, 0.2) is 23.1 Å². The van der Waals surface area contributed by atoms with Gasteiger partial charge in [0.05, 0.1) is 18.2 Å². The van der Waals surface area contributed by atoms with Crippen LogP contribution in [0.3, 0.4) is 0 Å². The van der Waals surface area contributed by atoms with E-state index in [9.17, 15) is 4.79 Å². The Hall–Kier alpha value is -2.09.